The van der Waals surface area contributed by atoms with E-state index in [1.807, 2.05) is 16.7 Å². The number of carbonyl (C=O) groups is 1. The molecule has 8 heteroatoms. The summed E-state index contributed by atoms with van der Waals surface area (Å²) in [5.74, 6) is 2.09. The average Bonchev–Trinajstić information content (AvgIpc) is 3.04. The first-order valence-electron chi connectivity index (χ1n) is 8.34. The van der Waals surface area contributed by atoms with Crippen LogP contribution in [0.1, 0.15) is 12.0 Å². The molecule has 1 amide bonds. The lowest BCUT2D eigenvalue weighted by Gasteiger charge is -2.29. The Kier molecular flexibility index (Phi) is 5.78. The van der Waals surface area contributed by atoms with E-state index in [0.717, 1.165) is 43.1 Å². The normalized spacial score (nSPS) is 22.2. The molecule has 1 unspecified atom stereocenters. The molecule has 2 aliphatic rings. The number of thioether (sulfide) groups is 1. The Labute approximate surface area is 149 Å². The third-order valence-corrected chi connectivity index (χ3v) is 5.45. The number of carbonyl (C=O) groups excluding carboxylic acids is 1. The van der Waals surface area contributed by atoms with E-state index in [0.29, 0.717) is 13.1 Å². The summed E-state index contributed by atoms with van der Waals surface area (Å²) in [6.07, 6.45) is -3.82. The molecule has 25 heavy (non-hydrogen) atoms. The number of likely N-dealkylation sites (tertiary alicyclic amines) is 1. The molecule has 0 bridgehead atoms. The molecule has 0 spiro atoms. The van der Waals surface area contributed by atoms with Crippen LogP contribution in [0.15, 0.2) is 24.3 Å². The summed E-state index contributed by atoms with van der Waals surface area (Å²) < 4.78 is 40.4. The van der Waals surface area contributed by atoms with Crippen molar-refractivity contribution in [1.29, 1.82) is 0 Å². The minimum atomic E-state index is -4.67. The monoisotopic (exact) mass is 374 g/mol. The number of halogens is 3. The molecular weight excluding hydrogens is 353 g/mol. The van der Waals surface area contributed by atoms with E-state index in [-0.39, 0.29) is 17.6 Å². The van der Waals surface area contributed by atoms with Crippen molar-refractivity contribution in [3.05, 3.63) is 29.8 Å². The van der Waals surface area contributed by atoms with Crippen molar-refractivity contribution in [3.8, 4) is 5.75 Å². The van der Waals surface area contributed by atoms with E-state index in [9.17, 15) is 18.0 Å². The molecule has 4 nitrogen and oxygen atoms in total. The second-order valence-electron chi connectivity index (χ2n) is 6.35. The number of benzene rings is 1. The number of nitrogens with zero attached hydrogens (tertiary/aromatic N) is 2. The molecule has 2 heterocycles. The van der Waals surface area contributed by atoms with Crippen molar-refractivity contribution >= 4 is 17.7 Å². The molecule has 2 fully saturated rings. The summed E-state index contributed by atoms with van der Waals surface area (Å²) >= 11 is 1.88. The van der Waals surface area contributed by atoms with E-state index in [1.54, 1.807) is 12.1 Å². The Morgan fingerprint density at radius 3 is 2.48 bits per heavy atom. The van der Waals surface area contributed by atoms with Crippen LogP contribution >= 0.6 is 11.8 Å². The van der Waals surface area contributed by atoms with Gasteiger partial charge in [0.25, 0.3) is 0 Å². The minimum Gasteiger partial charge on any atom is -0.406 e. The summed E-state index contributed by atoms with van der Waals surface area (Å²) in [5, 5.41) is 0. The summed E-state index contributed by atoms with van der Waals surface area (Å²) in [6.45, 7) is 3.84. The quantitative estimate of drug-likeness (QED) is 0.811. The fourth-order valence-corrected chi connectivity index (χ4v) is 4.18. The van der Waals surface area contributed by atoms with Gasteiger partial charge in [0, 0.05) is 37.7 Å². The Balaban J connectivity index is 1.50. The average molecular weight is 374 g/mol. The van der Waals surface area contributed by atoms with Gasteiger partial charge in [-0.15, -0.1) is 13.2 Å². The fraction of sp³-hybridized carbons (Fsp3) is 0.588. The highest BCUT2D eigenvalue weighted by Crippen LogP contribution is 2.25. The molecule has 1 atom stereocenters. The molecule has 2 saturated heterocycles. The predicted molar refractivity (Wildman–Crippen MR) is 90.4 cm³/mol. The minimum absolute atomic E-state index is 0.0379. The number of amides is 1. The maximum atomic E-state index is 12.5. The third-order valence-electron chi connectivity index (χ3n) is 4.51. The van der Waals surface area contributed by atoms with Gasteiger partial charge < -0.3 is 9.64 Å². The van der Waals surface area contributed by atoms with Crippen molar-refractivity contribution in [3.63, 3.8) is 0 Å². The van der Waals surface area contributed by atoms with Crippen LogP contribution in [0, 0.1) is 5.92 Å². The maximum Gasteiger partial charge on any atom is 0.573 e. The Morgan fingerprint density at radius 1 is 1.16 bits per heavy atom. The lowest BCUT2D eigenvalue weighted by atomic mass is 10.1. The van der Waals surface area contributed by atoms with Gasteiger partial charge in [0.05, 0.1) is 5.92 Å². The lowest BCUT2D eigenvalue weighted by molar-refractivity contribution is -0.274. The fourth-order valence-electron chi connectivity index (χ4n) is 3.27. The molecule has 3 rings (SSSR count). The Morgan fingerprint density at radius 2 is 1.84 bits per heavy atom. The number of alkyl halides is 3. The highest BCUT2D eigenvalue weighted by atomic mass is 32.2. The van der Waals surface area contributed by atoms with Gasteiger partial charge in [-0.2, -0.15) is 11.8 Å². The molecule has 0 radical (unpaired) electrons. The standard InChI is InChI=1S/C17H21F3N2O2S/c18-17(19,20)24-15-3-1-13(2-4-15)11-21-6-5-14(12-21)16(23)22-7-9-25-10-8-22/h1-4,14H,5-12H2. The molecule has 0 N–H and O–H groups in total. The van der Waals surface area contributed by atoms with Crippen LogP contribution < -0.4 is 4.74 Å². The molecule has 1 aromatic carbocycles. The first-order valence-corrected chi connectivity index (χ1v) is 9.50. The van der Waals surface area contributed by atoms with Gasteiger partial charge in [0.2, 0.25) is 5.91 Å². The Hall–Kier alpha value is -1.41. The summed E-state index contributed by atoms with van der Waals surface area (Å²) in [5.41, 5.74) is 0.914. The SMILES string of the molecule is O=C(C1CCN(Cc2ccc(OC(F)(F)F)cc2)C1)N1CCSCC1. The van der Waals surface area contributed by atoms with Crippen molar-refractivity contribution in [2.45, 2.75) is 19.3 Å². The summed E-state index contributed by atoms with van der Waals surface area (Å²) in [6, 6.07) is 5.93. The van der Waals surface area contributed by atoms with Gasteiger partial charge in [-0.1, -0.05) is 12.1 Å². The van der Waals surface area contributed by atoms with Crippen LogP contribution in [0.25, 0.3) is 0 Å². The van der Waals surface area contributed by atoms with E-state index in [1.165, 1.54) is 12.1 Å². The van der Waals surface area contributed by atoms with Crippen molar-refractivity contribution in [1.82, 2.24) is 9.80 Å². The second kappa shape index (κ2) is 7.86. The van der Waals surface area contributed by atoms with Crippen LogP contribution in [-0.2, 0) is 11.3 Å². The molecule has 0 aromatic heterocycles. The van der Waals surface area contributed by atoms with Crippen molar-refractivity contribution in [2.75, 3.05) is 37.7 Å². The number of hydrogen-bond acceptors (Lipinski definition) is 4. The van der Waals surface area contributed by atoms with E-state index in [2.05, 4.69) is 9.64 Å². The van der Waals surface area contributed by atoms with Crippen LogP contribution in [0.2, 0.25) is 0 Å². The Bertz CT molecular complexity index is 589. The zero-order valence-corrected chi connectivity index (χ0v) is 14.6. The zero-order valence-electron chi connectivity index (χ0n) is 13.8. The van der Waals surface area contributed by atoms with Gasteiger partial charge in [-0.25, -0.2) is 0 Å². The van der Waals surface area contributed by atoms with Crippen LogP contribution in [-0.4, -0.2) is 59.8 Å². The molecule has 1 aromatic rings. The van der Waals surface area contributed by atoms with Crippen LogP contribution in [0.5, 0.6) is 5.75 Å². The summed E-state index contributed by atoms with van der Waals surface area (Å²) in [7, 11) is 0. The van der Waals surface area contributed by atoms with Gasteiger partial charge >= 0.3 is 6.36 Å². The smallest absolute Gasteiger partial charge is 0.406 e. The van der Waals surface area contributed by atoms with Crippen molar-refractivity contribution < 1.29 is 22.7 Å². The molecule has 0 aliphatic carbocycles. The first kappa shape index (κ1) is 18.4. The molecule has 138 valence electrons. The van der Waals surface area contributed by atoms with Gasteiger partial charge in [0.15, 0.2) is 0 Å². The largest absolute Gasteiger partial charge is 0.573 e. The highest BCUT2D eigenvalue weighted by Gasteiger charge is 2.32. The third kappa shape index (κ3) is 5.28. The van der Waals surface area contributed by atoms with E-state index >= 15 is 0 Å². The van der Waals surface area contributed by atoms with E-state index < -0.39 is 6.36 Å². The predicted octanol–water partition coefficient (Wildman–Crippen LogP) is 2.98. The van der Waals surface area contributed by atoms with Gasteiger partial charge in [0.1, 0.15) is 5.75 Å². The van der Waals surface area contributed by atoms with Gasteiger partial charge in [-0.05, 0) is 30.7 Å². The second-order valence-corrected chi connectivity index (χ2v) is 7.57. The maximum absolute atomic E-state index is 12.5. The molecule has 0 saturated carbocycles. The number of hydrogen-bond donors (Lipinski definition) is 0. The van der Waals surface area contributed by atoms with Crippen molar-refractivity contribution in [2.24, 2.45) is 5.92 Å². The molecule has 2 aliphatic heterocycles. The number of rotatable bonds is 4. The first-order chi connectivity index (χ1) is 11.9. The van der Waals surface area contributed by atoms with Crippen LogP contribution in [0.3, 0.4) is 0 Å². The topological polar surface area (TPSA) is 32.8 Å². The van der Waals surface area contributed by atoms with Gasteiger partial charge in [-0.3, -0.25) is 9.69 Å². The number of ether oxygens (including phenoxy) is 1. The van der Waals surface area contributed by atoms with Crippen LogP contribution in [0.4, 0.5) is 13.2 Å². The lowest BCUT2D eigenvalue weighted by Crippen LogP contribution is -2.42. The summed E-state index contributed by atoms with van der Waals surface area (Å²) in [4.78, 5) is 16.7. The zero-order chi connectivity index (χ0) is 17.9. The van der Waals surface area contributed by atoms with E-state index in [4.69, 9.17) is 0 Å². The highest BCUT2D eigenvalue weighted by molar-refractivity contribution is 7.99. The molecular formula is C17H21F3N2O2S.